The molecule has 26 heavy (non-hydrogen) atoms. The van der Waals surface area contributed by atoms with E-state index in [9.17, 15) is 19.5 Å². The summed E-state index contributed by atoms with van der Waals surface area (Å²) in [6.45, 7) is -0.171. The second-order valence-corrected chi connectivity index (χ2v) is 5.67. The third kappa shape index (κ3) is 5.71. The van der Waals surface area contributed by atoms with Gasteiger partial charge >= 0.3 is 5.97 Å². The van der Waals surface area contributed by atoms with Crippen LogP contribution in [0.15, 0.2) is 49.1 Å². The minimum absolute atomic E-state index is 0.106. The van der Waals surface area contributed by atoms with Gasteiger partial charge in [-0.25, -0.2) is 9.78 Å². The minimum Gasteiger partial charge on any atom is -0.480 e. The molecule has 2 rings (SSSR count). The number of nitrogens with zero attached hydrogens (tertiary/aromatic N) is 2. The number of carbonyl (C=O) groups excluding carboxylic acids is 2. The van der Waals surface area contributed by atoms with E-state index in [4.69, 9.17) is 5.73 Å². The lowest BCUT2D eigenvalue weighted by atomic mass is 10.1. The van der Waals surface area contributed by atoms with Crippen molar-refractivity contribution in [2.24, 2.45) is 5.73 Å². The molecule has 0 fully saturated rings. The van der Waals surface area contributed by atoms with E-state index >= 15 is 0 Å². The van der Waals surface area contributed by atoms with Crippen molar-refractivity contribution in [1.82, 2.24) is 20.2 Å². The molecule has 2 atom stereocenters. The van der Waals surface area contributed by atoms with Crippen molar-refractivity contribution in [2.45, 2.75) is 25.0 Å². The van der Waals surface area contributed by atoms with Crippen LogP contribution in [0.2, 0.25) is 0 Å². The zero-order chi connectivity index (χ0) is 18.9. The Hall–Kier alpha value is -3.20. The van der Waals surface area contributed by atoms with Gasteiger partial charge in [-0.3, -0.25) is 9.59 Å². The van der Waals surface area contributed by atoms with Gasteiger partial charge in [0, 0.05) is 18.8 Å². The van der Waals surface area contributed by atoms with E-state index in [1.807, 2.05) is 6.07 Å². The molecule has 0 unspecified atom stereocenters. The number of nitrogens with two attached hydrogens (primary N) is 1. The number of rotatable bonds is 9. The lowest BCUT2D eigenvalue weighted by molar-refractivity contribution is -0.142. The zero-order valence-corrected chi connectivity index (χ0v) is 14.0. The molecule has 2 amide bonds. The Morgan fingerprint density at radius 2 is 1.88 bits per heavy atom. The van der Waals surface area contributed by atoms with Crippen molar-refractivity contribution >= 4 is 17.8 Å². The fourth-order valence-electron chi connectivity index (χ4n) is 2.38. The number of benzene rings is 1. The van der Waals surface area contributed by atoms with Crippen LogP contribution in [0.4, 0.5) is 0 Å². The number of carboxylic acid groups (broad SMARTS) is 1. The summed E-state index contributed by atoms with van der Waals surface area (Å²) in [7, 11) is 0. The molecule has 0 aliphatic heterocycles. The molecule has 1 aromatic heterocycles. The Labute approximate surface area is 150 Å². The summed E-state index contributed by atoms with van der Waals surface area (Å²) in [5.41, 5.74) is 6.06. The average molecular weight is 359 g/mol. The van der Waals surface area contributed by atoms with Crippen LogP contribution in [0.25, 0.3) is 0 Å². The second kappa shape index (κ2) is 9.33. The summed E-state index contributed by atoms with van der Waals surface area (Å²) in [4.78, 5) is 39.6. The van der Waals surface area contributed by atoms with Crippen LogP contribution < -0.4 is 16.4 Å². The number of carbonyl (C=O) groups is 3. The lowest BCUT2D eigenvalue weighted by Crippen LogP contribution is -2.54. The first-order chi connectivity index (χ1) is 12.5. The van der Waals surface area contributed by atoms with Gasteiger partial charge in [0.05, 0.1) is 19.4 Å². The highest BCUT2D eigenvalue weighted by Gasteiger charge is 2.26. The maximum Gasteiger partial charge on any atom is 0.326 e. The van der Waals surface area contributed by atoms with E-state index in [0.717, 1.165) is 5.56 Å². The first-order valence-corrected chi connectivity index (χ1v) is 8.02. The molecule has 9 heteroatoms. The van der Waals surface area contributed by atoms with Crippen LogP contribution in [0.1, 0.15) is 5.56 Å². The Morgan fingerprint density at radius 1 is 1.15 bits per heavy atom. The van der Waals surface area contributed by atoms with Gasteiger partial charge in [0.15, 0.2) is 0 Å². The zero-order valence-electron chi connectivity index (χ0n) is 14.0. The molecule has 0 aliphatic carbocycles. The van der Waals surface area contributed by atoms with Gasteiger partial charge in [0.2, 0.25) is 11.8 Å². The smallest absolute Gasteiger partial charge is 0.326 e. The Kier molecular flexibility index (Phi) is 6.86. The number of hydrogen-bond donors (Lipinski definition) is 4. The molecule has 9 nitrogen and oxygen atoms in total. The van der Waals surface area contributed by atoms with Gasteiger partial charge in [-0.05, 0) is 5.56 Å². The van der Waals surface area contributed by atoms with Crippen molar-refractivity contribution < 1.29 is 19.5 Å². The number of imidazole rings is 1. The summed E-state index contributed by atoms with van der Waals surface area (Å²) in [5.74, 6) is -2.28. The fourth-order valence-corrected chi connectivity index (χ4v) is 2.38. The van der Waals surface area contributed by atoms with E-state index in [-0.39, 0.29) is 19.5 Å². The van der Waals surface area contributed by atoms with Crippen LogP contribution in [0.3, 0.4) is 0 Å². The first-order valence-electron chi connectivity index (χ1n) is 8.02. The van der Waals surface area contributed by atoms with Crippen LogP contribution in [0.5, 0.6) is 0 Å². The summed E-state index contributed by atoms with van der Waals surface area (Å²) in [5, 5.41) is 14.4. The Morgan fingerprint density at radius 3 is 2.46 bits per heavy atom. The van der Waals surface area contributed by atoms with Gasteiger partial charge in [-0.15, -0.1) is 0 Å². The van der Waals surface area contributed by atoms with Crippen molar-refractivity contribution in [1.29, 1.82) is 0 Å². The van der Waals surface area contributed by atoms with Gasteiger partial charge in [0.1, 0.15) is 12.1 Å². The lowest BCUT2D eigenvalue weighted by Gasteiger charge is -2.21. The van der Waals surface area contributed by atoms with Crippen LogP contribution in [-0.4, -0.2) is 51.1 Å². The van der Waals surface area contributed by atoms with Crippen molar-refractivity contribution in [3.63, 3.8) is 0 Å². The monoisotopic (exact) mass is 359 g/mol. The van der Waals surface area contributed by atoms with Crippen LogP contribution >= 0.6 is 0 Å². The predicted molar refractivity (Wildman–Crippen MR) is 92.9 cm³/mol. The predicted octanol–water partition coefficient (Wildman–Crippen LogP) is -0.861. The molecular formula is C17H21N5O4. The molecule has 1 aromatic carbocycles. The third-order valence-electron chi connectivity index (χ3n) is 3.69. The van der Waals surface area contributed by atoms with Gasteiger partial charge in [0.25, 0.3) is 0 Å². The number of carboxylic acids is 1. The molecule has 0 bridgehead atoms. The highest BCUT2D eigenvalue weighted by Crippen LogP contribution is 2.04. The number of hydrogen-bond acceptors (Lipinski definition) is 5. The van der Waals surface area contributed by atoms with Crippen LogP contribution in [-0.2, 0) is 27.3 Å². The van der Waals surface area contributed by atoms with Gasteiger partial charge < -0.3 is 26.0 Å². The summed E-state index contributed by atoms with van der Waals surface area (Å²) >= 11 is 0. The molecule has 138 valence electrons. The summed E-state index contributed by atoms with van der Waals surface area (Å²) in [6.07, 6.45) is 4.79. The number of aliphatic carboxylic acids is 1. The van der Waals surface area contributed by atoms with E-state index in [2.05, 4.69) is 15.6 Å². The van der Waals surface area contributed by atoms with Crippen molar-refractivity contribution in [3.05, 3.63) is 54.6 Å². The topological polar surface area (TPSA) is 139 Å². The second-order valence-electron chi connectivity index (χ2n) is 5.67. The maximum atomic E-state index is 12.6. The summed E-state index contributed by atoms with van der Waals surface area (Å²) < 4.78 is 1.61. The molecule has 0 aliphatic rings. The molecular weight excluding hydrogens is 338 g/mol. The fraction of sp³-hybridized carbons (Fsp3) is 0.294. The average Bonchev–Trinajstić information content (AvgIpc) is 3.14. The minimum atomic E-state index is -1.16. The molecule has 0 saturated heterocycles. The first kappa shape index (κ1) is 19.1. The normalized spacial score (nSPS) is 12.8. The maximum absolute atomic E-state index is 12.6. The van der Waals surface area contributed by atoms with Crippen molar-refractivity contribution in [3.8, 4) is 0 Å². The quantitative estimate of drug-likeness (QED) is 0.459. The highest BCUT2D eigenvalue weighted by atomic mass is 16.4. The molecule has 5 N–H and O–H groups in total. The third-order valence-corrected chi connectivity index (χ3v) is 3.69. The van der Waals surface area contributed by atoms with Crippen LogP contribution in [0, 0.1) is 0 Å². The van der Waals surface area contributed by atoms with Crippen molar-refractivity contribution in [2.75, 3.05) is 6.54 Å². The number of nitrogens with one attached hydrogen (secondary N) is 2. The largest absolute Gasteiger partial charge is 0.480 e. The highest BCUT2D eigenvalue weighted by molar-refractivity contribution is 5.90. The molecule has 2 aromatic rings. The standard InChI is InChI=1S/C17H21N5O4/c18-9-15(23)20-14(10-22-7-6-19-11-22)16(24)21-13(17(25)26)8-12-4-2-1-3-5-12/h1-7,11,13-14H,8-10,18H2,(H,20,23)(H,21,24)(H,25,26)/t13-,14-/m0/s1. The van der Waals surface area contributed by atoms with E-state index in [1.54, 1.807) is 35.0 Å². The van der Waals surface area contributed by atoms with E-state index < -0.39 is 29.9 Å². The van der Waals surface area contributed by atoms with E-state index in [1.165, 1.54) is 12.5 Å². The van der Waals surface area contributed by atoms with Gasteiger partial charge in [-0.1, -0.05) is 30.3 Å². The number of aromatic nitrogens is 2. The molecule has 0 saturated carbocycles. The molecule has 0 radical (unpaired) electrons. The summed E-state index contributed by atoms with van der Waals surface area (Å²) in [6, 6.07) is 6.87. The van der Waals surface area contributed by atoms with Gasteiger partial charge in [-0.2, -0.15) is 0 Å². The Balaban J connectivity index is 2.08. The number of amides is 2. The SMILES string of the molecule is NCC(=O)N[C@@H](Cn1ccnc1)C(=O)N[C@@H](Cc1ccccc1)C(=O)O. The Bertz CT molecular complexity index is 733. The molecule has 0 spiro atoms. The molecule has 1 heterocycles. The van der Waals surface area contributed by atoms with E-state index in [0.29, 0.717) is 0 Å².